The lowest BCUT2D eigenvalue weighted by molar-refractivity contribution is -0.119. The smallest absolute Gasteiger partial charge is 0.319 e. The number of rotatable bonds is 5. The van der Waals surface area contributed by atoms with E-state index < -0.39 is 0 Å². The van der Waals surface area contributed by atoms with Crippen molar-refractivity contribution in [1.82, 2.24) is 15.5 Å². The Hall–Kier alpha value is -1.79. The minimum atomic E-state index is -0.0869. The molecule has 1 aromatic rings. The highest BCUT2D eigenvalue weighted by atomic mass is 16.4. The number of hydrogen-bond donors (Lipinski definition) is 2. The van der Waals surface area contributed by atoms with E-state index in [4.69, 9.17) is 10.2 Å². The van der Waals surface area contributed by atoms with E-state index >= 15 is 0 Å². The Morgan fingerprint density at radius 2 is 2.33 bits per heavy atom. The molecule has 84 valence electrons. The first-order valence-corrected chi connectivity index (χ1v) is 4.70. The summed E-state index contributed by atoms with van der Waals surface area (Å²) in [5.41, 5.74) is 5.26. The van der Waals surface area contributed by atoms with Crippen LogP contribution in [0.4, 0.5) is 12.0 Å². The first-order valence-electron chi connectivity index (χ1n) is 4.70. The first kappa shape index (κ1) is 11.3. The molecule has 0 unspecified atom stereocenters. The number of nitrogen functional groups attached to an aromatic ring is 1. The molecule has 0 aliphatic rings. The van der Waals surface area contributed by atoms with Gasteiger partial charge in [-0.15, -0.1) is 0 Å². The van der Waals surface area contributed by atoms with Crippen LogP contribution in [-0.4, -0.2) is 36.2 Å². The molecule has 0 spiro atoms. The van der Waals surface area contributed by atoms with E-state index in [-0.39, 0.29) is 24.5 Å². The van der Waals surface area contributed by atoms with Gasteiger partial charge in [0.05, 0.1) is 0 Å². The molecule has 1 amide bonds. The van der Waals surface area contributed by atoms with Gasteiger partial charge in [0.15, 0.2) is 0 Å². The van der Waals surface area contributed by atoms with Crippen LogP contribution in [0.25, 0.3) is 0 Å². The number of likely N-dealkylation sites (N-methyl/N-ethyl adjacent to an activating group) is 1. The topological polar surface area (TPSA) is 97.3 Å². The molecule has 0 atom stereocenters. The largest absolute Gasteiger partial charge is 0.390 e. The number of anilines is 2. The molecule has 15 heavy (non-hydrogen) atoms. The van der Waals surface area contributed by atoms with Crippen LogP contribution < -0.4 is 16.0 Å². The van der Waals surface area contributed by atoms with E-state index in [9.17, 15) is 4.79 Å². The Balaban J connectivity index is 2.41. The Morgan fingerprint density at radius 3 is 2.87 bits per heavy atom. The lowest BCUT2D eigenvalue weighted by Crippen LogP contribution is -2.35. The van der Waals surface area contributed by atoms with Gasteiger partial charge in [0.25, 0.3) is 0 Å². The Labute approximate surface area is 87.6 Å². The highest BCUT2D eigenvalue weighted by Crippen LogP contribution is 2.10. The fourth-order valence-electron chi connectivity index (χ4n) is 0.984. The van der Waals surface area contributed by atoms with Gasteiger partial charge in [-0.1, -0.05) is 17.1 Å². The van der Waals surface area contributed by atoms with Gasteiger partial charge in [-0.2, -0.15) is 0 Å². The normalized spacial score (nSPS) is 10.0. The lowest BCUT2D eigenvalue weighted by atomic mass is 10.4. The second kappa shape index (κ2) is 5.18. The molecule has 0 radical (unpaired) electrons. The fraction of sp³-hybridized carbons (Fsp3) is 0.625. The zero-order chi connectivity index (χ0) is 11.3. The molecular formula is C8H15N5O2. The third-order valence-electron chi connectivity index (χ3n) is 1.71. The lowest BCUT2D eigenvalue weighted by Gasteiger charge is -2.12. The van der Waals surface area contributed by atoms with Gasteiger partial charge in [0, 0.05) is 13.6 Å². The average Bonchev–Trinajstić information content (AvgIpc) is 2.61. The summed E-state index contributed by atoms with van der Waals surface area (Å²) in [6, 6.07) is 0.227. The van der Waals surface area contributed by atoms with E-state index in [0.717, 1.165) is 6.42 Å². The molecule has 1 rings (SSSR count). The third-order valence-corrected chi connectivity index (χ3v) is 1.71. The van der Waals surface area contributed by atoms with Crippen LogP contribution >= 0.6 is 0 Å². The second-order valence-corrected chi connectivity index (χ2v) is 3.13. The van der Waals surface area contributed by atoms with E-state index in [2.05, 4.69) is 15.5 Å². The number of nitrogens with one attached hydrogen (secondary N) is 1. The van der Waals surface area contributed by atoms with Crippen molar-refractivity contribution >= 4 is 17.9 Å². The van der Waals surface area contributed by atoms with Crippen LogP contribution in [0.2, 0.25) is 0 Å². The Kier molecular flexibility index (Phi) is 3.90. The molecule has 1 heterocycles. The molecule has 3 N–H and O–H groups in total. The number of nitrogens with two attached hydrogens (primary N) is 1. The molecular weight excluding hydrogens is 198 g/mol. The molecule has 1 aromatic heterocycles. The highest BCUT2D eigenvalue weighted by molar-refractivity contribution is 5.80. The van der Waals surface area contributed by atoms with Crippen LogP contribution in [0.1, 0.15) is 13.3 Å². The number of carbonyl (C=O) groups is 1. The maximum absolute atomic E-state index is 11.3. The van der Waals surface area contributed by atoms with Crippen LogP contribution in [0.3, 0.4) is 0 Å². The van der Waals surface area contributed by atoms with Crippen LogP contribution in [0.15, 0.2) is 4.42 Å². The van der Waals surface area contributed by atoms with E-state index in [0.29, 0.717) is 6.54 Å². The van der Waals surface area contributed by atoms with Crippen LogP contribution in [0, 0.1) is 0 Å². The highest BCUT2D eigenvalue weighted by Gasteiger charge is 2.12. The minimum Gasteiger partial charge on any atom is -0.390 e. The van der Waals surface area contributed by atoms with Crippen LogP contribution in [-0.2, 0) is 4.79 Å². The van der Waals surface area contributed by atoms with Crippen molar-refractivity contribution in [1.29, 1.82) is 0 Å². The van der Waals surface area contributed by atoms with Gasteiger partial charge < -0.3 is 20.4 Å². The Morgan fingerprint density at radius 1 is 1.60 bits per heavy atom. The maximum Gasteiger partial charge on any atom is 0.319 e. The third kappa shape index (κ3) is 3.45. The fourth-order valence-corrected chi connectivity index (χ4v) is 0.984. The predicted octanol–water partition coefficient (Wildman–Crippen LogP) is -0.386. The summed E-state index contributed by atoms with van der Waals surface area (Å²) >= 11 is 0. The summed E-state index contributed by atoms with van der Waals surface area (Å²) in [5.74, 6) is -0.0869. The Bertz CT molecular complexity index is 325. The van der Waals surface area contributed by atoms with Crippen molar-refractivity contribution < 1.29 is 9.21 Å². The monoisotopic (exact) mass is 213 g/mol. The number of carbonyl (C=O) groups excluding carboxylic acids is 1. The second-order valence-electron chi connectivity index (χ2n) is 3.13. The van der Waals surface area contributed by atoms with Crippen molar-refractivity contribution in [2.75, 3.05) is 30.8 Å². The van der Waals surface area contributed by atoms with Gasteiger partial charge in [0.1, 0.15) is 6.54 Å². The standard InChI is InChI=1S/C8H15N5O2/c1-3-4-10-6(14)5-13(2)8-12-11-7(9)15-8/h3-5H2,1-2H3,(H2,9,11)(H,10,14). The average molecular weight is 213 g/mol. The maximum atomic E-state index is 11.3. The summed E-state index contributed by atoms with van der Waals surface area (Å²) in [4.78, 5) is 12.9. The van der Waals surface area contributed by atoms with Gasteiger partial charge in [0.2, 0.25) is 5.91 Å². The SMILES string of the molecule is CCCNC(=O)CN(C)c1nnc(N)o1. The van der Waals surface area contributed by atoms with E-state index in [1.54, 1.807) is 7.05 Å². The zero-order valence-electron chi connectivity index (χ0n) is 8.86. The molecule has 0 aliphatic carbocycles. The molecule has 0 bridgehead atoms. The zero-order valence-corrected chi connectivity index (χ0v) is 8.86. The number of nitrogens with zero attached hydrogens (tertiary/aromatic N) is 3. The quantitative estimate of drug-likeness (QED) is 0.691. The summed E-state index contributed by atoms with van der Waals surface area (Å²) in [6.45, 7) is 2.82. The molecule has 0 aromatic carbocycles. The molecule has 7 heteroatoms. The number of amides is 1. The minimum absolute atomic E-state index is 0.00850. The van der Waals surface area contributed by atoms with Crippen LogP contribution in [0.5, 0.6) is 0 Å². The van der Waals surface area contributed by atoms with Gasteiger partial charge in [-0.05, 0) is 6.42 Å². The van der Waals surface area contributed by atoms with Crippen molar-refractivity contribution in [3.63, 3.8) is 0 Å². The van der Waals surface area contributed by atoms with Gasteiger partial charge in [-0.3, -0.25) is 4.79 Å². The molecule has 7 nitrogen and oxygen atoms in total. The van der Waals surface area contributed by atoms with Crippen molar-refractivity contribution in [3.8, 4) is 0 Å². The van der Waals surface area contributed by atoms with Gasteiger partial charge >= 0.3 is 12.0 Å². The summed E-state index contributed by atoms with van der Waals surface area (Å²) in [6.07, 6.45) is 0.906. The van der Waals surface area contributed by atoms with E-state index in [1.807, 2.05) is 6.92 Å². The molecule has 0 saturated carbocycles. The summed E-state index contributed by atoms with van der Waals surface area (Å²) < 4.78 is 4.95. The first-order chi connectivity index (χ1) is 7.13. The summed E-state index contributed by atoms with van der Waals surface area (Å²) in [5, 5.41) is 9.89. The van der Waals surface area contributed by atoms with E-state index in [1.165, 1.54) is 4.90 Å². The molecule has 0 fully saturated rings. The summed E-state index contributed by atoms with van der Waals surface area (Å²) in [7, 11) is 1.68. The van der Waals surface area contributed by atoms with Crippen molar-refractivity contribution in [3.05, 3.63) is 0 Å². The number of hydrogen-bond acceptors (Lipinski definition) is 6. The number of aromatic nitrogens is 2. The van der Waals surface area contributed by atoms with Crippen molar-refractivity contribution in [2.45, 2.75) is 13.3 Å². The molecule has 0 aliphatic heterocycles. The van der Waals surface area contributed by atoms with Crippen molar-refractivity contribution in [2.24, 2.45) is 0 Å². The predicted molar refractivity (Wildman–Crippen MR) is 55.3 cm³/mol. The molecule has 0 saturated heterocycles. The van der Waals surface area contributed by atoms with Gasteiger partial charge in [-0.25, -0.2) is 0 Å².